The van der Waals surface area contributed by atoms with Crippen LogP contribution >= 0.6 is 11.3 Å². The van der Waals surface area contributed by atoms with E-state index in [1.165, 1.54) is 11.3 Å². The molecule has 0 radical (unpaired) electrons. The summed E-state index contributed by atoms with van der Waals surface area (Å²) in [4.78, 5) is 34.3. The number of aromatic nitrogens is 1. The van der Waals surface area contributed by atoms with Crippen molar-refractivity contribution >= 4 is 33.4 Å². The minimum atomic E-state index is -0.166. The molecule has 176 valence electrons. The lowest BCUT2D eigenvalue weighted by atomic mass is 9.84. The van der Waals surface area contributed by atoms with Gasteiger partial charge < -0.3 is 15.1 Å². The SMILES string of the molecule is CN(C)Cc1cccc(C(=O)N(C)CCC(NC(=O)c2cccc3scnc23)C(C)(C)C)c1. The van der Waals surface area contributed by atoms with Crippen LogP contribution in [0, 0.1) is 5.41 Å². The molecule has 6 nitrogen and oxygen atoms in total. The van der Waals surface area contributed by atoms with Crippen LogP contribution in [0.2, 0.25) is 0 Å². The van der Waals surface area contributed by atoms with Gasteiger partial charge in [-0.15, -0.1) is 11.3 Å². The maximum absolute atomic E-state index is 13.1. The number of benzene rings is 2. The minimum Gasteiger partial charge on any atom is -0.349 e. The van der Waals surface area contributed by atoms with Gasteiger partial charge in [0.15, 0.2) is 0 Å². The summed E-state index contributed by atoms with van der Waals surface area (Å²) in [5.41, 5.74) is 4.71. The fourth-order valence-electron chi connectivity index (χ4n) is 3.84. The molecular weight excluding hydrogens is 432 g/mol. The first kappa shape index (κ1) is 24.9. The van der Waals surface area contributed by atoms with E-state index in [1.807, 2.05) is 63.6 Å². The Labute approximate surface area is 200 Å². The first-order valence-corrected chi connectivity index (χ1v) is 12.1. The van der Waals surface area contributed by atoms with E-state index in [9.17, 15) is 9.59 Å². The molecule has 1 atom stereocenters. The molecule has 1 heterocycles. The number of hydrogen-bond acceptors (Lipinski definition) is 5. The molecule has 1 N–H and O–H groups in total. The zero-order chi connectivity index (χ0) is 24.2. The van der Waals surface area contributed by atoms with Crippen LogP contribution in [0.1, 0.15) is 53.5 Å². The van der Waals surface area contributed by atoms with Crippen LogP contribution in [0.5, 0.6) is 0 Å². The number of carbonyl (C=O) groups excluding carboxylic acids is 2. The third-order valence-corrected chi connectivity index (χ3v) is 6.52. The van der Waals surface area contributed by atoms with E-state index in [0.29, 0.717) is 24.1 Å². The average Bonchev–Trinajstić information content (AvgIpc) is 3.23. The second-order valence-electron chi connectivity index (χ2n) is 9.85. The second kappa shape index (κ2) is 10.4. The van der Waals surface area contributed by atoms with Crippen molar-refractivity contribution < 1.29 is 9.59 Å². The standard InChI is InChI=1S/C26H34N4O2S/c1-26(2,3)22(28-24(31)20-11-8-12-21-23(20)27-17-33-21)13-14-30(6)25(32)19-10-7-9-18(15-19)16-29(4)5/h7-12,15,17,22H,13-14,16H2,1-6H3,(H,28,31). The van der Waals surface area contributed by atoms with Gasteiger partial charge in [0.2, 0.25) is 0 Å². The lowest BCUT2D eigenvalue weighted by Gasteiger charge is -2.33. The summed E-state index contributed by atoms with van der Waals surface area (Å²) in [6, 6.07) is 13.3. The number of thiazole rings is 1. The fourth-order valence-corrected chi connectivity index (χ4v) is 4.54. The highest BCUT2D eigenvalue weighted by atomic mass is 32.1. The highest BCUT2D eigenvalue weighted by molar-refractivity contribution is 7.16. The van der Waals surface area contributed by atoms with Gasteiger partial charge in [0, 0.05) is 31.7 Å². The van der Waals surface area contributed by atoms with Gasteiger partial charge in [-0.2, -0.15) is 0 Å². The van der Waals surface area contributed by atoms with Gasteiger partial charge in [-0.25, -0.2) is 4.98 Å². The molecule has 33 heavy (non-hydrogen) atoms. The predicted molar refractivity (Wildman–Crippen MR) is 136 cm³/mol. The van der Waals surface area contributed by atoms with Crippen molar-refractivity contribution in [1.29, 1.82) is 0 Å². The van der Waals surface area contributed by atoms with Crippen LogP contribution in [-0.4, -0.2) is 60.3 Å². The third-order valence-electron chi connectivity index (χ3n) is 5.73. The molecule has 2 aromatic carbocycles. The molecule has 0 bridgehead atoms. The van der Waals surface area contributed by atoms with Crippen molar-refractivity contribution in [1.82, 2.24) is 20.1 Å². The zero-order valence-electron chi connectivity index (χ0n) is 20.4. The summed E-state index contributed by atoms with van der Waals surface area (Å²) >= 11 is 1.52. The molecule has 3 aromatic rings. The van der Waals surface area contributed by atoms with Crippen LogP contribution in [0.15, 0.2) is 48.0 Å². The number of fused-ring (bicyclic) bond motifs is 1. The van der Waals surface area contributed by atoms with Crippen molar-refractivity contribution in [2.75, 3.05) is 27.7 Å². The van der Waals surface area contributed by atoms with Gasteiger partial charge in [-0.05, 0) is 55.8 Å². The molecule has 2 amide bonds. The van der Waals surface area contributed by atoms with Crippen molar-refractivity contribution in [2.24, 2.45) is 5.41 Å². The molecule has 0 saturated heterocycles. The first-order chi connectivity index (χ1) is 15.6. The number of para-hydroxylation sites is 1. The summed E-state index contributed by atoms with van der Waals surface area (Å²) in [5, 5.41) is 3.20. The topological polar surface area (TPSA) is 65.5 Å². The Morgan fingerprint density at radius 3 is 2.52 bits per heavy atom. The molecule has 0 aliphatic heterocycles. The smallest absolute Gasteiger partial charge is 0.253 e. The molecule has 0 fully saturated rings. The third kappa shape index (κ3) is 6.39. The highest BCUT2D eigenvalue weighted by Crippen LogP contribution is 2.25. The summed E-state index contributed by atoms with van der Waals surface area (Å²) < 4.78 is 0.997. The van der Waals surface area contributed by atoms with Gasteiger partial charge in [0.25, 0.3) is 11.8 Å². The Morgan fingerprint density at radius 2 is 1.82 bits per heavy atom. The summed E-state index contributed by atoms with van der Waals surface area (Å²) in [6.45, 7) is 7.64. The molecule has 1 unspecified atom stereocenters. The van der Waals surface area contributed by atoms with Gasteiger partial charge in [-0.3, -0.25) is 9.59 Å². The number of nitrogens with zero attached hydrogens (tertiary/aromatic N) is 3. The number of hydrogen-bond donors (Lipinski definition) is 1. The largest absolute Gasteiger partial charge is 0.349 e. The summed E-state index contributed by atoms with van der Waals surface area (Å²) in [6.07, 6.45) is 0.655. The Morgan fingerprint density at radius 1 is 1.09 bits per heavy atom. The molecular formula is C26H34N4O2S. The van der Waals surface area contributed by atoms with Gasteiger partial charge in [0.1, 0.15) is 0 Å². The van der Waals surface area contributed by atoms with Crippen molar-refractivity contribution in [3.8, 4) is 0 Å². The van der Waals surface area contributed by atoms with Crippen LogP contribution in [0.25, 0.3) is 10.2 Å². The Kier molecular flexibility index (Phi) is 7.87. The lowest BCUT2D eigenvalue weighted by Crippen LogP contribution is -2.46. The Bertz CT molecular complexity index is 1120. The van der Waals surface area contributed by atoms with Crippen molar-refractivity contribution in [2.45, 2.75) is 39.8 Å². The van der Waals surface area contributed by atoms with E-state index in [2.05, 4.69) is 36.0 Å². The minimum absolute atomic E-state index is 0.0122. The monoisotopic (exact) mass is 466 g/mol. The Balaban J connectivity index is 1.68. The first-order valence-electron chi connectivity index (χ1n) is 11.2. The zero-order valence-corrected chi connectivity index (χ0v) is 21.2. The predicted octanol–water partition coefficient (Wildman–Crippen LogP) is 4.66. The maximum atomic E-state index is 13.1. The van der Waals surface area contributed by atoms with Crippen LogP contribution in [0.3, 0.4) is 0 Å². The molecule has 0 spiro atoms. The molecule has 0 aliphatic carbocycles. The molecule has 0 saturated carbocycles. The number of rotatable bonds is 8. The molecule has 0 aliphatic rings. The van der Waals surface area contributed by atoms with Crippen molar-refractivity contribution in [3.05, 3.63) is 64.7 Å². The fraction of sp³-hybridized carbons (Fsp3) is 0.423. The lowest BCUT2D eigenvalue weighted by molar-refractivity contribution is 0.0774. The molecule has 1 aromatic heterocycles. The van der Waals surface area contributed by atoms with Crippen LogP contribution < -0.4 is 5.32 Å². The Hall–Kier alpha value is -2.77. The van der Waals surface area contributed by atoms with E-state index in [-0.39, 0.29) is 23.3 Å². The molecule has 7 heteroatoms. The quantitative estimate of drug-likeness (QED) is 0.524. The summed E-state index contributed by atoms with van der Waals surface area (Å²) in [5.74, 6) is -0.140. The van der Waals surface area contributed by atoms with E-state index >= 15 is 0 Å². The normalized spacial score (nSPS) is 12.7. The van der Waals surface area contributed by atoms with Gasteiger partial charge >= 0.3 is 0 Å². The van der Waals surface area contributed by atoms with E-state index < -0.39 is 0 Å². The van der Waals surface area contributed by atoms with E-state index in [0.717, 1.165) is 22.3 Å². The van der Waals surface area contributed by atoms with E-state index in [4.69, 9.17) is 0 Å². The van der Waals surface area contributed by atoms with Crippen LogP contribution in [0.4, 0.5) is 0 Å². The van der Waals surface area contributed by atoms with Crippen LogP contribution in [-0.2, 0) is 6.54 Å². The number of nitrogens with one attached hydrogen (secondary N) is 1. The second-order valence-corrected chi connectivity index (χ2v) is 10.7. The highest BCUT2D eigenvalue weighted by Gasteiger charge is 2.28. The van der Waals surface area contributed by atoms with Crippen molar-refractivity contribution in [3.63, 3.8) is 0 Å². The summed E-state index contributed by atoms with van der Waals surface area (Å²) in [7, 11) is 5.84. The van der Waals surface area contributed by atoms with Gasteiger partial charge in [0.05, 0.1) is 21.3 Å². The molecule has 3 rings (SSSR count). The van der Waals surface area contributed by atoms with Gasteiger partial charge in [-0.1, -0.05) is 39.0 Å². The number of amides is 2. The van der Waals surface area contributed by atoms with E-state index in [1.54, 1.807) is 10.4 Å². The number of carbonyl (C=O) groups is 2. The maximum Gasteiger partial charge on any atom is 0.253 e. The average molecular weight is 467 g/mol.